The van der Waals surface area contributed by atoms with Crippen LogP contribution in [0.3, 0.4) is 0 Å². The van der Waals surface area contributed by atoms with E-state index < -0.39 is 23.8 Å². The summed E-state index contributed by atoms with van der Waals surface area (Å²) in [6.45, 7) is 7.82. The van der Waals surface area contributed by atoms with Gasteiger partial charge in [-0.15, -0.1) is 0 Å². The number of aliphatic carboxylic acids is 1. The van der Waals surface area contributed by atoms with Crippen molar-refractivity contribution >= 4 is 29.5 Å². The van der Waals surface area contributed by atoms with Gasteiger partial charge in [0.1, 0.15) is 6.04 Å². The molecule has 0 saturated heterocycles. The molecule has 1 aliphatic heterocycles. The van der Waals surface area contributed by atoms with E-state index in [0.717, 1.165) is 37.1 Å². The van der Waals surface area contributed by atoms with Crippen molar-refractivity contribution in [2.24, 2.45) is 5.92 Å². The molecule has 0 aromatic rings. The number of carboxylic acids is 1. The Morgan fingerprint density at radius 2 is 2.00 bits per heavy atom. The summed E-state index contributed by atoms with van der Waals surface area (Å²) >= 11 is 1.55. The molecule has 7 nitrogen and oxygen atoms in total. The number of rotatable bonds is 10. The normalized spacial score (nSPS) is 20.3. The van der Waals surface area contributed by atoms with Crippen molar-refractivity contribution in [2.45, 2.75) is 65.8 Å². The Hall–Kier alpha value is -2.22. The average molecular weight is 438 g/mol. The number of carbonyl (C=O) groups is 3. The monoisotopic (exact) mass is 437 g/mol. The molecule has 168 valence electrons. The van der Waals surface area contributed by atoms with Crippen LogP contribution in [0.2, 0.25) is 0 Å². The average Bonchev–Trinajstić information content (AvgIpc) is 2.74. The van der Waals surface area contributed by atoms with E-state index in [1.54, 1.807) is 11.8 Å². The standard InChI is InChI=1S/C22H35N3O4S/c1-15(2)7-5-8-16(3)9-6-10-18-11-12-30-14-19(21(27)25-24-18)23-20(26)13-17(4)22(28)29/h7,9,11,17,19,24H,5-6,8,10,12-14H2,1-4H3,(H,23,26)(H,25,27)(H,28,29)/b16-9+,18-11-/t17?,19-/m0/s1. The maximum Gasteiger partial charge on any atom is 0.306 e. The third-order valence-corrected chi connectivity index (χ3v) is 5.61. The van der Waals surface area contributed by atoms with E-state index in [1.165, 1.54) is 18.1 Å². The second kappa shape index (κ2) is 13.9. The Kier molecular flexibility index (Phi) is 12.0. The predicted octanol–water partition coefficient (Wildman–Crippen LogP) is 3.31. The number of hydrogen-bond donors (Lipinski definition) is 4. The van der Waals surface area contributed by atoms with Crippen LogP contribution in [-0.4, -0.2) is 40.4 Å². The van der Waals surface area contributed by atoms with Gasteiger partial charge in [0.2, 0.25) is 5.91 Å². The highest BCUT2D eigenvalue weighted by molar-refractivity contribution is 7.99. The van der Waals surface area contributed by atoms with Crippen molar-refractivity contribution in [1.29, 1.82) is 0 Å². The van der Waals surface area contributed by atoms with Crippen molar-refractivity contribution < 1.29 is 19.5 Å². The third-order valence-electron chi connectivity index (χ3n) is 4.64. The number of hydrogen-bond acceptors (Lipinski definition) is 5. The fourth-order valence-electron chi connectivity index (χ4n) is 2.76. The lowest BCUT2D eigenvalue weighted by Crippen LogP contribution is -2.51. The number of allylic oxidation sites excluding steroid dienone is 5. The van der Waals surface area contributed by atoms with Crippen LogP contribution < -0.4 is 16.2 Å². The highest BCUT2D eigenvalue weighted by Gasteiger charge is 2.24. The molecule has 0 fully saturated rings. The molecule has 0 aromatic carbocycles. The molecule has 1 rings (SSSR count). The Morgan fingerprint density at radius 1 is 1.27 bits per heavy atom. The molecule has 0 saturated carbocycles. The molecule has 1 heterocycles. The Balaban J connectivity index is 2.49. The van der Waals surface area contributed by atoms with Gasteiger partial charge in [-0.1, -0.05) is 36.3 Å². The van der Waals surface area contributed by atoms with Crippen LogP contribution in [0.5, 0.6) is 0 Å². The molecule has 4 N–H and O–H groups in total. The van der Waals surface area contributed by atoms with Gasteiger partial charge in [-0.05, 0) is 46.5 Å². The lowest BCUT2D eigenvalue weighted by molar-refractivity contribution is -0.143. The minimum atomic E-state index is -1.03. The van der Waals surface area contributed by atoms with Gasteiger partial charge in [0, 0.05) is 23.6 Å². The number of carbonyl (C=O) groups excluding carboxylic acids is 2. The quantitative estimate of drug-likeness (QED) is 0.391. The van der Waals surface area contributed by atoms with Gasteiger partial charge in [0.15, 0.2) is 0 Å². The molecule has 0 radical (unpaired) electrons. The highest BCUT2D eigenvalue weighted by Crippen LogP contribution is 2.13. The minimum absolute atomic E-state index is 0.153. The molecule has 1 unspecified atom stereocenters. The van der Waals surface area contributed by atoms with Crippen LogP contribution in [0.25, 0.3) is 0 Å². The number of amides is 2. The van der Waals surface area contributed by atoms with Gasteiger partial charge < -0.3 is 15.8 Å². The lowest BCUT2D eigenvalue weighted by Gasteiger charge is -2.18. The van der Waals surface area contributed by atoms with Crippen molar-refractivity contribution in [3.05, 3.63) is 35.1 Å². The molecule has 0 bridgehead atoms. The lowest BCUT2D eigenvalue weighted by atomic mass is 10.1. The van der Waals surface area contributed by atoms with Crippen molar-refractivity contribution in [1.82, 2.24) is 16.2 Å². The molecule has 0 aromatic heterocycles. The first-order chi connectivity index (χ1) is 14.2. The Labute approximate surface area is 183 Å². The smallest absolute Gasteiger partial charge is 0.306 e. The largest absolute Gasteiger partial charge is 0.481 e. The summed E-state index contributed by atoms with van der Waals surface area (Å²) in [6, 6.07) is -0.707. The van der Waals surface area contributed by atoms with Gasteiger partial charge in [-0.3, -0.25) is 19.8 Å². The summed E-state index contributed by atoms with van der Waals surface area (Å²) in [4.78, 5) is 35.3. The van der Waals surface area contributed by atoms with Crippen LogP contribution >= 0.6 is 11.8 Å². The van der Waals surface area contributed by atoms with Crippen molar-refractivity contribution in [3.63, 3.8) is 0 Å². The number of thioether (sulfide) groups is 1. The van der Waals surface area contributed by atoms with Gasteiger partial charge in [-0.25, -0.2) is 0 Å². The first kappa shape index (κ1) is 25.8. The second-order valence-electron chi connectivity index (χ2n) is 7.85. The summed E-state index contributed by atoms with van der Waals surface area (Å²) < 4.78 is 0. The third kappa shape index (κ3) is 11.1. The molecule has 8 heteroatoms. The van der Waals surface area contributed by atoms with Crippen LogP contribution in [0.1, 0.15) is 59.8 Å². The Morgan fingerprint density at radius 3 is 2.67 bits per heavy atom. The summed E-state index contributed by atoms with van der Waals surface area (Å²) in [7, 11) is 0. The van der Waals surface area contributed by atoms with Crippen LogP contribution in [0.15, 0.2) is 35.1 Å². The van der Waals surface area contributed by atoms with Crippen LogP contribution in [0, 0.1) is 5.92 Å². The zero-order valence-corrected chi connectivity index (χ0v) is 19.2. The fourth-order valence-corrected chi connectivity index (χ4v) is 3.68. The van der Waals surface area contributed by atoms with E-state index in [-0.39, 0.29) is 12.3 Å². The molecule has 1 aliphatic rings. The van der Waals surface area contributed by atoms with Gasteiger partial charge >= 0.3 is 5.97 Å². The number of nitrogens with one attached hydrogen (secondary N) is 3. The first-order valence-corrected chi connectivity index (χ1v) is 11.5. The molecule has 2 amide bonds. The predicted molar refractivity (Wildman–Crippen MR) is 122 cm³/mol. The molecular weight excluding hydrogens is 402 g/mol. The molecule has 2 atom stereocenters. The zero-order valence-electron chi connectivity index (χ0n) is 18.4. The summed E-state index contributed by atoms with van der Waals surface area (Å²) in [5.74, 6) is -1.45. The summed E-state index contributed by atoms with van der Waals surface area (Å²) in [6.07, 6.45) is 10.1. The van der Waals surface area contributed by atoms with Gasteiger partial charge in [-0.2, -0.15) is 11.8 Å². The molecular formula is C22H35N3O4S. The van der Waals surface area contributed by atoms with Crippen molar-refractivity contribution in [2.75, 3.05) is 11.5 Å². The fraction of sp³-hybridized carbons (Fsp3) is 0.591. The number of hydrazine groups is 1. The summed E-state index contributed by atoms with van der Waals surface area (Å²) in [5.41, 5.74) is 9.26. The maximum absolute atomic E-state index is 12.4. The minimum Gasteiger partial charge on any atom is -0.481 e. The van der Waals surface area contributed by atoms with E-state index in [9.17, 15) is 14.4 Å². The molecule has 0 spiro atoms. The Bertz CT molecular complexity index is 696. The van der Waals surface area contributed by atoms with E-state index in [0.29, 0.717) is 5.75 Å². The van der Waals surface area contributed by atoms with E-state index in [4.69, 9.17) is 5.11 Å². The van der Waals surface area contributed by atoms with Crippen LogP contribution in [0.4, 0.5) is 0 Å². The van der Waals surface area contributed by atoms with E-state index in [2.05, 4.69) is 49.1 Å². The highest BCUT2D eigenvalue weighted by atomic mass is 32.2. The van der Waals surface area contributed by atoms with E-state index in [1.807, 2.05) is 6.08 Å². The van der Waals surface area contributed by atoms with Gasteiger partial charge in [0.05, 0.1) is 5.92 Å². The topological polar surface area (TPSA) is 108 Å². The number of carboxylic acid groups (broad SMARTS) is 1. The molecule has 0 aliphatic carbocycles. The maximum atomic E-state index is 12.4. The molecule has 30 heavy (non-hydrogen) atoms. The first-order valence-electron chi connectivity index (χ1n) is 10.3. The van der Waals surface area contributed by atoms with Gasteiger partial charge in [0.25, 0.3) is 5.91 Å². The zero-order chi connectivity index (χ0) is 22.5. The second-order valence-corrected chi connectivity index (χ2v) is 8.93. The summed E-state index contributed by atoms with van der Waals surface area (Å²) in [5, 5.41) is 11.6. The van der Waals surface area contributed by atoms with E-state index >= 15 is 0 Å². The van der Waals surface area contributed by atoms with Crippen LogP contribution in [-0.2, 0) is 14.4 Å². The van der Waals surface area contributed by atoms with Crippen molar-refractivity contribution in [3.8, 4) is 0 Å². The SMILES string of the molecule is CC(C)=CCC/C(C)=C/CC/C1=C/CSC[C@H](NC(=O)CC(C)C(=O)O)C(=O)NN1.